The predicted molar refractivity (Wildman–Crippen MR) is 75.9 cm³/mol. The summed E-state index contributed by atoms with van der Waals surface area (Å²) in [6.07, 6.45) is 0. The molecule has 0 aliphatic heterocycles. The summed E-state index contributed by atoms with van der Waals surface area (Å²) in [5, 5.41) is 17.1. The van der Waals surface area contributed by atoms with Crippen LogP contribution in [0.4, 0.5) is 0 Å². The van der Waals surface area contributed by atoms with Crippen LogP contribution >= 0.6 is 0 Å². The number of aliphatic hydroxyl groups is 1. The molecule has 0 fully saturated rings. The van der Waals surface area contributed by atoms with Crippen molar-refractivity contribution in [3.8, 4) is 0 Å². The number of hydrogen-bond donors (Lipinski definition) is 2. The van der Waals surface area contributed by atoms with Crippen molar-refractivity contribution < 1.29 is 24.2 Å². The molecule has 0 radical (unpaired) electrons. The molecule has 1 rings (SSSR count). The van der Waals surface area contributed by atoms with Crippen LogP contribution in [0.5, 0.6) is 0 Å². The molecule has 0 amide bonds. The van der Waals surface area contributed by atoms with E-state index in [-0.39, 0.29) is 13.2 Å². The van der Waals surface area contributed by atoms with Gasteiger partial charge >= 0.3 is 11.9 Å². The third kappa shape index (κ3) is 4.76. The minimum atomic E-state index is -0.988. The van der Waals surface area contributed by atoms with Crippen molar-refractivity contribution in [3.63, 3.8) is 0 Å². The summed E-state index contributed by atoms with van der Waals surface area (Å²) in [4.78, 5) is 23.4. The Kier molecular flexibility index (Phi) is 6.13. The van der Waals surface area contributed by atoms with E-state index in [1.807, 2.05) is 6.07 Å². The molecule has 6 nitrogen and oxygen atoms in total. The number of carbonyl (C=O) groups excluding carboxylic acids is 2. The van der Waals surface area contributed by atoms with Crippen molar-refractivity contribution in [3.05, 3.63) is 47.2 Å². The Morgan fingerprint density at radius 3 is 2.29 bits per heavy atom. The lowest BCUT2D eigenvalue weighted by atomic mass is 10.1. The van der Waals surface area contributed by atoms with Gasteiger partial charge in [0.25, 0.3) is 0 Å². The van der Waals surface area contributed by atoms with Crippen LogP contribution in [0.2, 0.25) is 0 Å². The van der Waals surface area contributed by atoms with E-state index in [9.17, 15) is 14.7 Å². The topological polar surface area (TPSA) is 96.7 Å². The first-order valence-corrected chi connectivity index (χ1v) is 6.34. The normalized spacial score (nSPS) is 11.3. The number of aliphatic hydroxyl groups excluding tert-OH is 1. The number of carbonyl (C=O) groups is 2. The molecule has 0 saturated carbocycles. The Hall–Kier alpha value is -2.63. The first-order valence-electron chi connectivity index (χ1n) is 6.34. The van der Waals surface area contributed by atoms with Crippen LogP contribution in [0.3, 0.4) is 0 Å². The molecule has 0 atom stereocenters. The van der Waals surface area contributed by atoms with Crippen LogP contribution in [-0.4, -0.2) is 29.4 Å². The fourth-order valence-electron chi connectivity index (χ4n) is 1.53. The van der Waals surface area contributed by atoms with Crippen molar-refractivity contribution in [1.82, 2.24) is 0 Å². The molecule has 0 aliphatic carbocycles. The number of esters is 2. The van der Waals surface area contributed by atoms with Gasteiger partial charge in [0.2, 0.25) is 0 Å². The molecule has 0 aromatic heterocycles. The number of benzene rings is 1. The monoisotopic (exact) mass is 291 g/mol. The van der Waals surface area contributed by atoms with Crippen LogP contribution in [0.1, 0.15) is 19.4 Å². The van der Waals surface area contributed by atoms with Gasteiger partial charge in [-0.2, -0.15) is 0 Å². The Balaban J connectivity index is 2.78. The Morgan fingerprint density at radius 2 is 1.76 bits per heavy atom. The number of ether oxygens (including phenoxy) is 2. The number of allylic oxidation sites excluding steroid dienone is 1. The highest BCUT2D eigenvalue weighted by Crippen LogP contribution is 2.10. The maximum Gasteiger partial charge on any atom is 0.357 e. The number of rotatable bonds is 6. The average molecular weight is 291 g/mol. The first kappa shape index (κ1) is 16.4. The van der Waals surface area contributed by atoms with Gasteiger partial charge in [0.05, 0.1) is 6.61 Å². The standard InChI is InChI=1S/C15H17NO5/c1-3-20-15(19)13(16)12(10(2)17)14(18)21-9-11-7-5-4-6-8-11/h4-8,16-17H,3,9H2,1-2H3/b12-10-,16-13?. The predicted octanol–water partition coefficient (Wildman–Crippen LogP) is 2.14. The van der Waals surface area contributed by atoms with Gasteiger partial charge in [0.1, 0.15) is 17.9 Å². The molecule has 1 aromatic rings. The second kappa shape index (κ2) is 7.84. The maximum atomic E-state index is 11.9. The van der Waals surface area contributed by atoms with Crippen molar-refractivity contribution in [2.75, 3.05) is 6.61 Å². The summed E-state index contributed by atoms with van der Waals surface area (Å²) in [5.41, 5.74) is -0.470. The fourth-order valence-corrected chi connectivity index (χ4v) is 1.53. The van der Waals surface area contributed by atoms with Crippen LogP contribution in [0, 0.1) is 5.41 Å². The highest BCUT2D eigenvalue weighted by atomic mass is 16.5. The minimum absolute atomic E-state index is 0.0213. The molecule has 1 aromatic carbocycles. The lowest BCUT2D eigenvalue weighted by molar-refractivity contribution is -0.141. The fraction of sp³-hybridized carbons (Fsp3) is 0.267. The van der Waals surface area contributed by atoms with Gasteiger partial charge < -0.3 is 14.6 Å². The summed E-state index contributed by atoms with van der Waals surface area (Å²) in [6, 6.07) is 8.93. The van der Waals surface area contributed by atoms with E-state index in [0.717, 1.165) is 5.56 Å². The Morgan fingerprint density at radius 1 is 1.14 bits per heavy atom. The van der Waals surface area contributed by atoms with E-state index in [0.29, 0.717) is 0 Å². The first-order chi connectivity index (χ1) is 9.97. The molecule has 0 bridgehead atoms. The van der Waals surface area contributed by atoms with Crippen molar-refractivity contribution in [1.29, 1.82) is 5.41 Å². The van der Waals surface area contributed by atoms with Gasteiger partial charge in [-0.15, -0.1) is 0 Å². The van der Waals surface area contributed by atoms with Crippen molar-refractivity contribution in [2.45, 2.75) is 20.5 Å². The summed E-state index contributed by atoms with van der Waals surface area (Å²) in [5.74, 6) is -2.40. The van der Waals surface area contributed by atoms with Crippen molar-refractivity contribution in [2.24, 2.45) is 0 Å². The van der Waals surface area contributed by atoms with E-state index in [1.54, 1.807) is 31.2 Å². The van der Waals surface area contributed by atoms with Gasteiger partial charge in [0.15, 0.2) is 5.71 Å². The molecular weight excluding hydrogens is 274 g/mol. The molecule has 0 spiro atoms. The SMILES string of the molecule is CCOC(=O)C(=N)/C(C(=O)OCc1ccccc1)=C(\C)O. The minimum Gasteiger partial charge on any atom is -0.512 e. The molecular formula is C15H17NO5. The third-order valence-electron chi connectivity index (χ3n) is 2.51. The molecule has 0 unspecified atom stereocenters. The zero-order chi connectivity index (χ0) is 15.8. The van der Waals surface area contributed by atoms with E-state index < -0.39 is 29.0 Å². The zero-order valence-electron chi connectivity index (χ0n) is 11.9. The highest BCUT2D eigenvalue weighted by Gasteiger charge is 2.26. The van der Waals surface area contributed by atoms with Gasteiger partial charge in [-0.3, -0.25) is 5.41 Å². The van der Waals surface area contributed by atoms with Crippen LogP contribution < -0.4 is 0 Å². The molecule has 112 valence electrons. The molecule has 21 heavy (non-hydrogen) atoms. The summed E-state index contributed by atoms with van der Waals surface area (Å²) < 4.78 is 9.63. The van der Waals surface area contributed by atoms with Gasteiger partial charge in [-0.25, -0.2) is 9.59 Å². The third-order valence-corrected chi connectivity index (χ3v) is 2.51. The summed E-state index contributed by atoms with van der Waals surface area (Å²) in [7, 11) is 0. The van der Waals surface area contributed by atoms with Crippen LogP contribution in [-0.2, 0) is 25.7 Å². The molecule has 6 heteroatoms. The number of hydrogen-bond acceptors (Lipinski definition) is 6. The molecule has 0 aliphatic rings. The Bertz CT molecular complexity index is 559. The summed E-state index contributed by atoms with van der Waals surface area (Å²) >= 11 is 0. The lowest BCUT2D eigenvalue weighted by Crippen LogP contribution is -2.25. The molecule has 0 heterocycles. The zero-order valence-corrected chi connectivity index (χ0v) is 11.9. The number of nitrogens with one attached hydrogen (secondary N) is 1. The van der Waals surface area contributed by atoms with Crippen LogP contribution in [0.15, 0.2) is 41.7 Å². The van der Waals surface area contributed by atoms with Crippen LogP contribution in [0.25, 0.3) is 0 Å². The maximum absolute atomic E-state index is 11.9. The van der Waals surface area contributed by atoms with E-state index in [1.165, 1.54) is 6.92 Å². The lowest BCUT2D eigenvalue weighted by Gasteiger charge is -2.10. The second-order valence-electron chi connectivity index (χ2n) is 4.12. The average Bonchev–Trinajstić information content (AvgIpc) is 2.46. The molecule has 2 N–H and O–H groups in total. The Labute approximate surface area is 122 Å². The second-order valence-corrected chi connectivity index (χ2v) is 4.12. The highest BCUT2D eigenvalue weighted by molar-refractivity contribution is 6.48. The summed E-state index contributed by atoms with van der Waals surface area (Å²) in [6.45, 7) is 2.82. The van der Waals surface area contributed by atoms with E-state index in [2.05, 4.69) is 4.74 Å². The van der Waals surface area contributed by atoms with Gasteiger partial charge in [-0.1, -0.05) is 30.3 Å². The van der Waals surface area contributed by atoms with Crippen molar-refractivity contribution >= 4 is 17.7 Å². The smallest absolute Gasteiger partial charge is 0.357 e. The van der Waals surface area contributed by atoms with E-state index >= 15 is 0 Å². The largest absolute Gasteiger partial charge is 0.512 e. The molecule has 0 saturated heterocycles. The van der Waals surface area contributed by atoms with Gasteiger partial charge in [0, 0.05) is 0 Å². The quantitative estimate of drug-likeness (QED) is 0.362. The van der Waals surface area contributed by atoms with Gasteiger partial charge in [-0.05, 0) is 19.4 Å². The van der Waals surface area contributed by atoms with E-state index in [4.69, 9.17) is 10.1 Å².